The lowest BCUT2D eigenvalue weighted by Gasteiger charge is -2.05. The van der Waals surface area contributed by atoms with Crippen molar-refractivity contribution in [3.8, 4) is 5.75 Å². The summed E-state index contributed by atoms with van der Waals surface area (Å²) in [6.45, 7) is 1.98. The van der Waals surface area contributed by atoms with E-state index in [9.17, 15) is 9.59 Å². The maximum absolute atomic E-state index is 11.8. The van der Waals surface area contributed by atoms with E-state index in [4.69, 9.17) is 5.11 Å². The molecule has 7 heteroatoms. The average molecular weight is 357 g/mol. The van der Waals surface area contributed by atoms with Gasteiger partial charge in [0.2, 0.25) is 11.8 Å². The van der Waals surface area contributed by atoms with Crippen molar-refractivity contribution in [2.24, 2.45) is 5.10 Å². The first-order chi connectivity index (χ1) is 12.0. The summed E-state index contributed by atoms with van der Waals surface area (Å²) in [7, 11) is 0. The van der Waals surface area contributed by atoms with Gasteiger partial charge in [-0.05, 0) is 48.9 Å². The molecule has 130 valence electrons. The fourth-order valence-electron chi connectivity index (χ4n) is 1.84. The summed E-state index contributed by atoms with van der Waals surface area (Å²) >= 11 is 1.21. The Bertz CT molecular complexity index is 743. The molecule has 2 aromatic rings. The minimum Gasteiger partial charge on any atom is -0.508 e. The monoisotopic (exact) mass is 357 g/mol. The number of carbonyl (C=O) groups is 2. The maximum Gasteiger partial charge on any atom is 0.250 e. The highest BCUT2D eigenvalue weighted by Crippen LogP contribution is 2.10. The van der Waals surface area contributed by atoms with Crippen LogP contribution < -0.4 is 10.7 Å². The van der Waals surface area contributed by atoms with Crippen LogP contribution in [0.15, 0.2) is 53.6 Å². The zero-order chi connectivity index (χ0) is 18.1. The number of hydrogen-bond donors (Lipinski definition) is 3. The normalized spacial score (nSPS) is 10.6. The van der Waals surface area contributed by atoms with Gasteiger partial charge in [-0.2, -0.15) is 5.10 Å². The Balaban J connectivity index is 1.65. The van der Waals surface area contributed by atoms with Gasteiger partial charge in [0, 0.05) is 5.69 Å². The molecule has 0 fully saturated rings. The van der Waals surface area contributed by atoms with Crippen molar-refractivity contribution >= 4 is 35.5 Å². The molecule has 0 aromatic heterocycles. The summed E-state index contributed by atoms with van der Waals surface area (Å²) in [6.07, 6.45) is 1.48. The summed E-state index contributed by atoms with van der Waals surface area (Å²) in [5.74, 6) is 0.0379. The molecule has 0 radical (unpaired) electrons. The van der Waals surface area contributed by atoms with Crippen LogP contribution in [0.5, 0.6) is 5.75 Å². The largest absolute Gasteiger partial charge is 0.508 e. The molecule has 0 heterocycles. The fourth-order valence-corrected chi connectivity index (χ4v) is 2.45. The van der Waals surface area contributed by atoms with Crippen LogP contribution in [0.2, 0.25) is 0 Å². The van der Waals surface area contributed by atoms with E-state index < -0.39 is 0 Å². The molecule has 6 nitrogen and oxygen atoms in total. The predicted molar refractivity (Wildman–Crippen MR) is 101 cm³/mol. The van der Waals surface area contributed by atoms with Crippen molar-refractivity contribution in [1.29, 1.82) is 0 Å². The van der Waals surface area contributed by atoms with Gasteiger partial charge in [0.25, 0.3) is 0 Å². The van der Waals surface area contributed by atoms with Crippen LogP contribution in [-0.2, 0) is 9.59 Å². The van der Waals surface area contributed by atoms with Gasteiger partial charge in [-0.15, -0.1) is 11.8 Å². The lowest BCUT2D eigenvalue weighted by molar-refractivity contribution is -0.118. The number of thioether (sulfide) groups is 1. The topological polar surface area (TPSA) is 90.8 Å². The maximum atomic E-state index is 11.8. The van der Waals surface area contributed by atoms with Gasteiger partial charge in [0.1, 0.15) is 5.75 Å². The molecule has 2 aromatic carbocycles. The molecular formula is C18H19N3O3S. The summed E-state index contributed by atoms with van der Waals surface area (Å²) in [4.78, 5) is 23.4. The van der Waals surface area contributed by atoms with E-state index in [1.807, 2.05) is 31.2 Å². The second-order valence-corrected chi connectivity index (χ2v) is 6.28. The van der Waals surface area contributed by atoms with E-state index in [1.54, 1.807) is 12.1 Å². The van der Waals surface area contributed by atoms with Crippen LogP contribution in [-0.4, -0.2) is 34.6 Å². The number of hydrazone groups is 1. The smallest absolute Gasteiger partial charge is 0.250 e. The summed E-state index contributed by atoms with van der Waals surface area (Å²) < 4.78 is 0. The minimum absolute atomic E-state index is 0.133. The van der Waals surface area contributed by atoms with Crippen LogP contribution in [0.1, 0.15) is 11.1 Å². The number of benzene rings is 2. The van der Waals surface area contributed by atoms with Crippen LogP contribution in [0.3, 0.4) is 0 Å². The minimum atomic E-state index is -0.289. The number of anilines is 1. The van der Waals surface area contributed by atoms with Gasteiger partial charge in [-0.3, -0.25) is 9.59 Å². The van der Waals surface area contributed by atoms with Crippen LogP contribution >= 0.6 is 11.8 Å². The first kappa shape index (κ1) is 18.5. The number of amides is 2. The Morgan fingerprint density at radius 1 is 1.04 bits per heavy atom. The highest BCUT2D eigenvalue weighted by atomic mass is 32.2. The highest BCUT2D eigenvalue weighted by Gasteiger charge is 2.05. The molecule has 25 heavy (non-hydrogen) atoms. The van der Waals surface area contributed by atoms with Gasteiger partial charge in [-0.1, -0.05) is 17.7 Å². The predicted octanol–water partition coefficient (Wildman–Crippen LogP) is 2.52. The number of aryl methyl sites for hydroxylation is 1. The molecule has 0 bridgehead atoms. The van der Waals surface area contributed by atoms with Crippen molar-refractivity contribution in [2.45, 2.75) is 6.92 Å². The summed E-state index contributed by atoms with van der Waals surface area (Å²) in [5, 5.41) is 15.8. The molecule has 0 aliphatic carbocycles. The van der Waals surface area contributed by atoms with E-state index in [0.29, 0.717) is 0 Å². The molecular weight excluding hydrogens is 338 g/mol. The number of phenols is 1. The quantitative estimate of drug-likeness (QED) is 0.525. The van der Waals surface area contributed by atoms with Gasteiger partial charge in [0.05, 0.1) is 17.7 Å². The summed E-state index contributed by atoms with van der Waals surface area (Å²) in [6, 6.07) is 13.9. The Labute approximate surface area is 150 Å². The van der Waals surface area contributed by atoms with E-state index in [2.05, 4.69) is 15.8 Å². The van der Waals surface area contributed by atoms with Crippen LogP contribution in [0, 0.1) is 6.92 Å². The first-order valence-corrected chi connectivity index (χ1v) is 8.73. The molecule has 2 amide bonds. The zero-order valence-electron chi connectivity index (χ0n) is 13.7. The zero-order valence-corrected chi connectivity index (χ0v) is 14.5. The number of carbonyl (C=O) groups excluding carboxylic acids is 2. The lowest BCUT2D eigenvalue weighted by Crippen LogP contribution is -2.21. The molecule has 0 saturated heterocycles. The SMILES string of the molecule is Cc1ccc(NC(=O)CSCC(=O)NN=Cc2ccc(O)cc2)cc1. The average Bonchev–Trinajstić information content (AvgIpc) is 2.59. The van der Waals surface area contributed by atoms with Gasteiger partial charge in [0.15, 0.2) is 0 Å². The number of nitrogens with zero attached hydrogens (tertiary/aromatic N) is 1. The van der Waals surface area contributed by atoms with Gasteiger partial charge in [-0.25, -0.2) is 5.43 Å². The first-order valence-electron chi connectivity index (χ1n) is 7.58. The number of phenolic OH excluding ortho intramolecular Hbond substituents is 1. The highest BCUT2D eigenvalue weighted by molar-refractivity contribution is 8.00. The Kier molecular flexibility index (Phi) is 7.03. The third kappa shape index (κ3) is 7.09. The molecule has 0 saturated carbocycles. The van der Waals surface area contributed by atoms with E-state index >= 15 is 0 Å². The molecule has 0 atom stereocenters. The van der Waals surface area contributed by atoms with E-state index in [1.165, 1.54) is 30.1 Å². The fraction of sp³-hybridized carbons (Fsp3) is 0.167. The van der Waals surface area contributed by atoms with E-state index in [-0.39, 0.29) is 29.1 Å². The molecule has 0 unspecified atom stereocenters. The Morgan fingerprint density at radius 2 is 1.68 bits per heavy atom. The third-order valence-corrected chi connectivity index (χ3v) is 4.03. The molecule has 3 N–H and O–H groups in total. The van der Waals surface area contributed by atoms with Crippen molar-refractivity contribution in [3.05, 3.63) is 59.7 Å². The number of aromatic hydroxyl groups is 1. The van der Waals surface area contributed by atoms with E-state index in [0.717, 1.165) is 16.8 Å². The number of rotatable bonds is 7. The number of hydrogen-bond acceptors (Lipinski definition) is 5. The third-order valence-electron chi connectivity index (χ3n) is 3.10. The summed E-state index contributed by atoms with van der Waals surface area (Å²) in [5.41, 5.74) is 5.00. The second kappa shape index (κ2) is 9.48. The van der Waals surface area contributed by atoms with Crippen LogP contribution in [0.25, 0.3) is 0 Å². The van der Waals surface area contributed by atoms with Crippen molar-refractivity contribution < 1.29 is 14.7 Å². The molecule has 2 rings (SSSR count). The van der Waals surface area contributed by atoms with Gasteiger partial charge < -0.3 is 10.4 Å². The van der Waals surface area contributed by atoms with Crippen molar-refractivity contribution in [3.63, 3.8) is 0 Å². The molecule has 0 aliphatic rings. The Hall–Kier alpha value is -2.80. The van der Waals surface area contributed by atoms with Crippen molar-refractivity contribution in [1.82, 2.24) is 5.43 Å². The number of nitrogens with one attached hydrogen (secondary N) is 2. The van der Waals surface area contributed by atoms with Gasteiger partial charge >= 0.3 is 0 Å². The van der Waals surface area contributed by atoms with Crippen LogP contribution in [0.4, 0.5) is 5.69 Å². The standard InChI is InChI=1S/C18H19N3O3S/c1-13-2-6-15(7-3-13)20-17(23)11-25-12-18(24)21-19-10-14-4-8-16(22)9-5-14/h2-10,22H,11-12H2,1H3,(H,20,23)(H,21,24). The molecule has 0 spiro atoms. The lowest BCUT2D eigenvalue weighted by atomic mass is 10.2. The Morgan fingerprint density at radius 3 is 2.36 bits per heavy atom. The van der Waals surface area contributed by atoms with Crippen molar-refractivity contribution in [2.75, 3.05) is 16.8 Å². The second-order valence-electron chi connectivity index (χ2n) is 5.29. The molecule has 0 aliphatic heterocycles.